The quantitative estimate of drug-likeness (QED) is 0.577. The number of benzene rings is 1. The lowest BCUT2D eigenvalue weighted by Crippen LogP contribution is -2.45. The molecule has 1 aromatic carbocycles. The van der Waals surface area contributed by atoms with E-state index in [1.807, 2.05) is 0 Å². The maximum Gasteiger partial charge on any atom is 0.295 e. The summed E-state index contributed by atoms with van der Waals surface area (Å²) in [6, 6.07) is 3.27. The highest BCUT2D eigenvalue weighted by Gasteiger charge is 2.48. The van der Waals surface area contributed by atoms with Crippen molar-refractivity contribution in [3.05, 3.63) is 33.9 Å². The lowest BCUT2D eigenvalue weighted by Gasteiger charge is -2.23. The molecule has 0 aromatic heterocycles. The van der Waals surface area contributed by atoms with Crippen LogP contribution in [-0.4, -0.2) is 53.3 Å². The number of ether oxygens (including phenoxy) is 2. The van der Waals surface area contributed by atoms with Gasteiger partial charge in [0.25, 0.3) is 6.04 Å². The number of methoxy groups -OCH3 is 2. The van der Waals surface area contributed by atoms with E-state index in [0.29, 0.717) is 17.1 Å². The van der Waals surface area contributed by atoms with Gasteiger partial charge in [-0.15, -0.1) is 0 Å². The molecule has 4 atom stereocenters. The van der Waals surface area contributed by atoms with Gasteiger partial charge in [0.15, 0.2) is 11.5 Å². The summed E-state index contributed by atoms with van der Waals surface area (Å²) in [5.74, 6) is 0.819. The Hall–Kier alpha value is -2.39. The minimum Gasteiger partial charge on any atom is -0.493 e. The Morgan fingerprint density at radius 1 is 1.30 bits per heavy atom. The third-order valence-corrected chi connectivity index (χ3v) is 3.69. The molecule has 0 fully saturated rings. The van der Waals surface area contributed by atoms with Crippen LogP contribution < -0.4 is 9.47 Å². The van der Waals surface area contributed by atoms with E-state index >= 15 is 0 Å². The van der Waals surface area contributed by atoms with Crippen LogP contribution in [0.3, 0.4) is 0 Å². The molecule has 9 heteroatoms. The lowest BCUT2D eigenvalue weighted by molar-refractivity contribution is -0.514. The van der Waals surface area contributed by atoms with Gasteiger partial charge in [0.2, 0.25) is 6.10 Å². The SMILES string of the molecule is COc1ccc([C@@H](O)[C@H](O)[C@@H]2ON=C(C)[C@H]2[N+](=O)[O-])cc1OC. The zero-order valence-electron chi connectivity index (χ0n) is 12.9. The van der Waals surface area contributed by atoms with E-state index in [1.165, 1.54) is 33.3 Å². The van der Waals surface area contributed by atoms with Gasteiger partial charge in [-0.1, -0.05) is 11.2 Å². The van der Waals surface area contributed by atoms with Crippen molar-refractivity contribution in [1.82, 2.24) is 0 Å². The van der Waals surface area contributed by atoms with Crippen molar-refractivity contribution >= 4 is 5.71 Å². The number of aliphatic hydroxyl groups is 2. The number of oxime groups is 1. The Morgan fingerprint density at radius 2 is 1.96 bits per heavy atom. The summed E-state index contributed by atoms with van der Waals surface area (Å²) >= 11 is 0. The van der Waals surface area contributed by atoms with E-state index in [1.54, 1.807) is 6.07 Å². The summed E-state index contributed by atoms with van der Waals surface area (Å²) in [5.41, 5.74) is 0.448. The molecule has 0 unspecified atom stereocenters. The van der Waals surface area contributed by atoms with Crippen LogP contribution in [0, 0.1) is 10.1 Å². The Balaban J connectivity index is 2.23. The van der Waals surface area contributed by atoms with Crippen LogP contribution in [0.25, 0.3) is 0 Å². The van der Waals surface area contributed by atoms with Gasteiger partial charge in [0, 0.05) is 4.92 Å². The van der Waals surface area contributed by atoms with Gasteiger partial charge in [-0.05, 0) is 24.6 Å². The number of hydrogen-bond acceptors (Lipinski definition) is 8. The Morgan fingerprint density at radius 3 is 2.52 bits per heavy atom. The van der Waals surface area contributed by atoms with Crippen LogP contribution in [0.4, 0.5) is 0 Å². The molecular weight excluding hydrogens is 308 g/mol. The predicted octanol–water partition coefficient (Wildman–Crippen LogP) is 0.518. The smallest absolute Gasteiger partial charge is 0.295 e. The molecule has 0 radical (unpaired) electrons. The fraction of sp³-hybridized carbons (Fsp3) is 0.500. The van der Waals surface area contributed by atoms with Gasteiger partial charge in [-0.25, -0.2) is 0 Å². The highest BCUT2D eigenvalue weighted by molar-refractivity contribution is 5.87. The van der Waals surface area contributed by atoms with Gasteiger partial charge in [-0.3, -0.25) is 10.1 Å². The molecular formula is C14H18N2O7. The molecule has 0 saturated carbocycles. The van der Waals surface area contributed by atoms with Crippen molar-refractivity contribution in [1.29, 1.82) is 0 Å². The first-order valence-corrected chi connectivity index (χ1v) is 6.82. The van der Waals surface area contributed by atoms with E-state index in [-0.39, 0.29) is 5.71 Å². The van der Waals surface area contributed by atoms with Gasteiger partial charge >= 0.3 is 0 Å². The van der Waals surface area contributed by atoms with Crippen LogP contribution in [0.15, 0.2) is 23.4 Å². The lowest BCUT2D eigenvalue weighted by atomic mass is 9.95. The highest BCUT2D eigenvalue weighted by Crippen LogP contribution is 2.33. The molecule has 0 amide bonds. The van der Waals surface area contributed by atoms with Crippen molar-refractivity contribution in [2.45, 2.75) is 31.3 Å². The van der Waals surface area contributed by atoms with Crippen LogP contribution in [0.1, 0.15) is 18.6 Å². The van der Waals surface area contributed by atoms with Crippen molar-refractivity contribution in [2.75, 3.05) is 14.2 Å². The van der Waals surface area contributed by atoms with Gasteiger partial charge in [0.1, 0.15) is 17.9 Å². The second kappa shape index (κ2) is 6.80. The number of nitrogens with zero attached hydrogens (tertiary/aromatic N) is 2. The van der Waals surface area contributed by atoms with Crippen LogP contribution in [-0.2, 0) is 4.84 Å². The zero-order valence-corrected chi connectivity index (χ0v) is 12.9. The summed E-state index contributed by atoms with van der Waals surface area (Å²) in [4.78, 5) is 15.4. The monoisotopic (exact) mass is 326 g/mol. The van der Waals surface area contributed by atoms with E-state index < -0.39 is 29.3 Å². The fourth-order valence-electron chi connectivity index (χ4n) is 2.43. The molecule has 1 heterocycles. The first-order valence-electron chi connectivity index (χ1n) is 6.82. The molecule has 1 aromatic rings. The van der Waals surface area contributed by atoms with Crippen molar-refractivity contribution in [2.24, 2.45) is 5.16 Å². The van der Waals surface area contributed by atoms with E-state index in [0.717, 1.165) is 0 Å². The van der Waals surface area contributed by atoms with Gasteiger partial charge < -0.3 is 24.5 Å². The largest absolute Gasteiger partial charge is 0.493 e. The third-order valence-electron chi connectivity index (χ3n) is 3.69. The predicted molar refractivity (Wildman–Crippen MR) is 79.3 cm³/mol. The summed E-state index contributed by atoms with van der Waals surface area (Å²) in [6.07, 6.45) is -4.22. The fourth-order valence-corrected chi connectivity index (χ4v) is 2.43. The molecule has 2 N–H and O–H groups in total. The van der Waals surface area contributed by atoms with Gasteiger partial charge in [-0.2, -0.15) is 0 Å². The molecule has 9 nitrogen and oxygen atoms in total. The molecule has 0 bridgehead atoms. The number of hydrogen-bond donors (Lipinski definition) is 2. The standard InChI is InChI=1S/C14H18N2O7/c1-7-11(16(19)20)14(23-15-7)13(18)12(17)8-4-5-9(21-2)10(6-8)22-3/h4-6,11-14,17-18H,1-3H3/t11-,12-,13+,14-/m1/s1. The van der Waals surface area contributed by atoms with E-state index in [2.05, 4.69) is 5.16 Å². The minimum absolute atomic E-state index is 0.138. The molecule has 1 aliphatic rings. The van der Waals surface area contributed by atoms with Gasteiger partial charge in [0.05, 0.1) is 14.2 Å². The zero-order chi connectivity index (χ0) is 17.1. The highest BCUT2D eigenvalue weighted by atomic mass is 16.7. The first kappa shape index (κ1) is 17.0. The molecule has 2 rings (SSSR count). The maximum atomic E-state index is 11.1. The number of nitro groups is 1. The summed E-state index contributed by atoms with van der Waals surface area (Å²) < 4.78 is 10.2. The molecule has 0 saturated heterocycles. The van der Waals surface area contributed by atoms with Crippen molar-refractivity contribution in [3.63, 3.8) is 0 Å². The van der Waals surface area contributed by atoms with Crippen LogP contribution in [0.5, 0.6) is 11.5 Å². The molecule has 0 aliphatic carbocycles. The molecule has 0 spiro atoms. The van der Waals surface area contributed by atoms with E-state index in [4.69, 9.17) is 14.3 Å². The van der Waals surface area contributed by atoms with Crippen molar-refractivity contribution < 1.29 is 29.4 Å². The minimum atomic E-state index is -1.54. The second-order valence-corrected chi connectivity index (χ2v) is 5.08. The van der Waals surface area contributed by atoms with Crippen LogP contribution in [0.2, 0.25) is 0 Å². The van der Waals surface area contributed by atoms with Crippen molar-refractivity contribution in [3.8, 4) is 11.5 Å². The average molecular weight is 326 g/mol. The molecule has 1 aliphatic heterocycles. The average Bonchev–Trinajstić information content (AvgIpc) is 2.94. The second-order valence-electron chi connectivity index (χ2n) is 5.08. The topological polar surface area (TPSA) is 124 Å². The summed E-state index contributed by atoms with van der Waals surface area (Å²) in [6.45, 7) is 1.43. The maximum absolute atomic E-state index is 11.1. The molecule has 23 heavy (non-hydrogen) atoms. The summed E-state index contributed by atoms with van der Waals surface area (Å²) in [5, 5.41) is 35.2. The van der Waals surface area contributed by atoms with E-state index in [9.17, 15) is 20.3 Å². The molecule has 126 valence electrons. The number of aliphatic hydroxyl groups excluding tert-OH is 2. The van der Waals surface area contributed by atoms with Crippen LogP contribution >= 0.6 is 0 Å². The third kappa shape index (κ3) is 3.20. The normalized spacial score (nSPS) is 22.7. The summed E-state index contributed by atoms with van der Waals surface area (Å²) in [7, 11) is 2.90. The first-order chi connectivity index (χ1) is 10.9. The Labute approximate surface area is 132 Å². The Bertz CT molecular complexity index is 619. The Kier molecular flexibility index (Phi) is 5.02. The number of rotatable bonds is 6.